The zero-order valence-corrected chi connectivity index (χ0v) is 18.0. The molecule has 0 bridgehead atoms. The molecule has 33 heavy (non-hydrogen) atoms. The number of ether oxygens (including phenoxy) is 1. The first-order valence-electron chi connectivity index (χ1n) is 10.4. The highest BCUT2D eigenvalue weighted by Crippen LogP contribution is 2.51. The van der Waals surface area contributed by atoms with Crippen molar-refractivity contribution in [1.29, 1.82) is 0 Å². The van der Waals surface area contributed by atoms with E-state index < -0.39 is 52.5 Å². The fraction of sp³-hybridized carbons (Fsp3) is 0.391. The number of carbonyl (C=O) groups is 2. The lowest BCUT2D eigenvalue weighted by molar-refractivity contribution is -0.385. The summed E-state index contributed by atoms with van der Waals surface area (Å²) < 4.78 is 45.2. The Hall–Kier alpha value is -3.43. The lowest BCUT2D eigenvalue weighted by Gasteiger charge is -2.20. The van der Waals surface area contributed by atoms with Gasteiger partial charge in [0.1, 0.15) is 0 Å². The molecule has 3 rings (SSSR count). The quantitative estimate of drug-likeness (QED) is 0.340. The second-order valence-corrected chi connectivity index (χ2v) is 8.15. The number of carbonyl (C=O) groups excluding carboxylic acids is 2. The first-order valence-corrected chi connectivity index (χ1v) is 10.4. The number of alkyl halides is 3. The molecular formula is C23H23F3N2O5. The Morgan fingerprint density at radius 1 is 1.15 bits per heavy atom. The van der Waals surface area contributed by atoms with Gasteiger partial charge in [-0.2, -0.15) is 13.2 Å². The predicted octanol–water partition coefficient (Wildman–Crippen LogP) is 4.92. The predicted molar refractivity (Wildman–Crippen MR) is 112 cm³/mol. The molecule has 0 aliphatic heterocycles. The second-order valence-electron chi connectivity index (χ2n) is 8.15. The molecule has 10 heteroatoms. The molecule has 1 aliphatic rings. The highest BCUT2D eigenvalue weighted by Gasteiger charge is 2.48. The van der Waals surface area contributed by atoms with Crippen LogP contribution in [-0.4, -0.2) is 22.9 Å². The largest absolute Gasteiger partial charge is 0.463 e. The van der Waals surface area contributed by atoms with Crippen LogP contribution in [0.2, 0.25) is 0 Å². The number of esters is 1. The minimum Gasteiger partial charge on any atom is -0.463 e. The summed E-state index contributed by atoms with van der Waals surface area (Å²) in [6.45, 7) is 3.28. The highest BCUT2D eigenvalue weighted by molar-refractivity contribution is 5.84. The van der Waals surface area contributed by atoms with E-state index >= 15 is 0 Å². The van der Waals surface area contributed by atoms with Crippen molar-refractivity contribution >= 4 is 17.6 Å². The monoisotopic (exact) mass is 464 g/mol. The molecule has 0 aromatic heterocycles. The summed E-state index contributed by atoms with van der Waals surface area (Å²) in [5.41, 5.74) is -0.924. The van der Waals surface area contributed by atoms with Gasteiger partial charge in [0.2, 0.25) is 5.91 Å². The van der Waals surface area contributed by atoms with Gasteiger partial charge in [-0.25, -0.2) is 0 Å². The lowest BCUT2D eigenvalue weighted by Crippen LogP contribution is -2.33. The summed E-state index contributed by atoms with van der Waals surface area (Å²) in [5.74, 6) is -2.60. The molecule has 176 valence electrons. The Morgan fingerprint density at radius 3 is 2.42 bits per heavy atom. The molecule has 3 unspecified atom stereocenters. The van der Waals surface area contributed by atoms with E-state index in [1.807, 2.05) is 0 Å². The van der Waals surface area contributed by atoms with Gasteiger partial charge in [0, 0.05) is 12.0 Å². The Morgan fingerprint density at radius 2 is 1.79 bits per heavy atom. The average molecular weight is 464 g/mol. The molecule has 0 radical (unpaired) electrons. The molecule has 2 aromatic carbocycles. The SMILES string of the molecule is CC(C)OC(=O)CC(NC(=O)C1CC1c1ccccc1C(F)(F)F)c1ccccc1[N+](=O)[O-]. The molecule has 7 nitrogen and oxygen atoms in total. The van der Waals surface area contributed by atoms with E-state index in [9.17, 15) is 32.9 Å². The summed E-state index contributed by atoms with van der Waals surface area (Å²) in [5, 5.41) is 14.1. The average Bonchev–Trinajstić information content (AvgIpc) is 3.53. The third kappa shape index (κ3) is 5.88. The van der Waals surface area contributed by atoms with E-state index in [1.54, 1.807) is 13.8 Å². The van der Waals surface area contributed by atoms with E-state index in [0.29, 0.717) is 0 Å². The van der Waals surface area contributed by atoms with Crippen LogP contribution in [0, 0.1) is 16.0 Å². The minimum absolute atomic E-state index is 0.0339. The molecule has 2 aromatic rings. The number of halogens is 3. The molecular weight excluding hydrogens is 441 g/mol. The van der Waals surface area contributed by atoms with E-state index in [-0.39, 0.29) is 29.7 Å². The summed E-state index contributed by atoms with van der Waals surface area (Å²) in [4.78, 5) is 36.0. The zero-order chi connectivity index (χ0) is 24.3. The Bertz CT molecular complexity index is 1050. The van der Waals surface area contributed by atoms with Crippen molar-refractivity contribution in [1.82, 2.24) is 5.32 Å². The molecule has 0 saturated heterocycles. The van der Waals surface area contributed by atoms with Crippen LogP contribution in [0.4, 0.5) is 18.9 Å². The smallest absolute Gasteiger partial charge is 0.416 e. The molecule has 1 aliphatic carbocycles. The van der Waals surface area contributed by atoms with Gasteiger partial charge in [-0.3, -0.25) is 19.7 Å². The van der Waals surface area contributed by atoms with Crippen molar-refractivity contribution in [2.24, 2.45) is 5.92 Å². The molecule has 1 amide bonds. The Labute approximate surface area is 188 Å². The minimum atomic E-state index is -4.55. The van der Waals surface area contributed by atoms with Gasteiger partial charge in [0.05, 0.1) is 34.6 Å². The molecule has 1 saturated carbocycles. The van der Waals surface area contributed by atoms with Crippen molar-refractivity contribution in [2.75, 3.05) is 0 Å². The number of para-hydroxylation sites is 1. The Balaban J connectivity index is 1.82. The maximum atomic E-state index is 13.3. The first-order chi connectivity index (χ1) is 15.5. The zero-order valence-electron chi connectivity index (χ0n) is 18.0. The second kappa shape index (κ2) is 9.60. The van der Waals surface area contributed by atoms with Gasteiger partial charge >= 0.3 is 12.1 Å². The third-order valence-electron chi connectivity index (χ3n) is 5.36. The standard InChI is InChI=1S/C23H23F3N2O5/c1-13(2)33-21(29)12-19(15-8-4-6-10-20(15)28(31)32)27-22(30)17-11-16(17)14-7-3-5-9-18(14)23(24,25)26/h3-10,13,16-17,19H,11-12H2,1-2H3,(H,27,30). The number of benzene rings is 2. The van der Waals surface area contributed by atoms with Crippen LogP contribution in [0.15, 0.2) is 48.5 Å². The number of nitro benzene ring substituents is 1. The van der Waals surface area contributed by atoms with Crippen molar-refractivity contribution in [3.8, 4) is 0 Å². The molecule has 3 atom stereocenters. The maximum absolute atomic E-state index is 13.3. The number of hydrogen-bond donors (Lipinski definition) is 1. The third-order valence-corrected chi connectivity index (χ3v) is 5.36. The van der Waals surface area contributed by atoms with Crippen molar-refractivity contribution in [3.63, 3.8) is 0 Å². The van der Waals surface area contributed by atoms with Crippen molar-refractivity contribution in [3.05, 3.63) is 75.3 Å². The number of nitro groups is 1. The molecule has 0 heterocycles. The molecule has 1 fully saturated rings. The van der Waals surface area contributed by atoms with Gasteiger partial charge in [-0.15, -0.1) is 0 Å². The maximum Gasteiger partial charge on any atom is 0.416 e. The summed E-state index contributed by atoms with van der Waals surface area (Å²) >= 11 is 0. The number of nitrogens with one attached hydrogen (secondary N) is 1. The van der Waals surface area contributed by atoms with Crippen molar-refractivity contribution < 1.29 is 32.4 Å². The van der Waals surface area contributed by atoms with Crippen LogP contribution in [0.3, 0.4) is 0 Å². The van der Waals surface area contributed by atoms with Gasteiger partial charge in [-0.05, 0) is 37.8 Å². The number of hydrogen-bond acceptors (Lipinski definition) is 5. The fourth-order valence-electron chi connectivity index (χ4n) is 3.85. The molecule has 1 N–H and O–H groups in total. The number of rotatable bonds is 8. The van der Waals surface area contributed by atoms with Crippen LogP contribution in [0.5, 0.6) is 0 Å². The summed E-state index contributed by atoms with van der Waals surface area (Å²) in [7, 11) is 0. The van der Waals surface area contributed by atoms with E-state index in [0.717, 1.165) is 6.07 Å². The lowest BCUT2D eigenvalue weighted by atomic mass is 10.00. The van der Waals surface area contributed by atoms with Gasteiger partial charge in [0.15, 0.2) is 0 Å². The summed E-state index contributed by atoms with van der Waals surface area (Å²) in [6, 6.07) is 9.69. The molecule has 0 spiro atoms. The van der Waals surface area contributed by atoms with E-state index in [2.05, 4.69) is 5.32 Å². The normalized spacial score (nSPS) is 18.5. The van der Waals surface area contributed by atoms with E-state index in [1.165, 1.54) is 42.5 Å². The van der Waals surface area contributed by atoms with Crippen LogP contribution >= 0.6 is 0 Å². The fourth-order valence-corrected chi connectivity index (χ4v) is 3.85. The van der Waals surface area contributed by atoms with Crippen molar-refractivity contribution in [2.45, 2.75) is 50.9 Å². The van der Waals surface area contributed by atoms with Crippen LogP contribution in [0.1, 0.15) is 55.3 Å². The van der Waals surface area contributed by atoms with Crippen LogP contribution in [-0.2, 0) is 20.5 Å². The van der Waals surface area contributed by atoms with Gasteiger partial charge < -0.3 is 10.1 Å². The van der Waals surface area contributed by atoms with Crippen LogP contribution in [0.25, 0.3) is 0 Å². The highest BCUT2D eigenvalue weighted by atomic mass is 19.4. The van der Waals surface area contributed by atoms with Gasteiger partial charge in [0.25, 0.3) is 5.69 Å². The van der Waals surface area contributed by atoms with E-state index in [4.69, 9.17) is 4.74 Å². The van der Waals surface area contributed by atoms with Crippen LogP contribution < -0.4 is 5.32 Å². The number of nitrogens with zero attached hydrogens (tertiary/aromatic N) is 1. The summed E-state index contributed by atoms with van der Waals surface area (Å²) in [6.07, 6.45) is -5.12. The topological polar surface area (TPSA) is 98.5 Å². The Kier molecular flexibility index (Phi) is 7.04. The van der Waals surface area contributed by atoms with Gasteiger partial charge in [-0.1, -0.05) is 36.4 Å². The number of amides is 1. The first kappa shape index (κ1) is 24.2.